The molecule has 4 rings (SSSR count). The van der Waals surface area contributed by atoms with Gasteiger partial charge in [0.2, 0.25) is 5.91 Å². The SMILES string of the molecule is CN(Cc1ccc(OC(F)F)cc1)C(=O)C1CCCN(C(=O)c2cccc3ccccc23)C1. The molecule has 2 amide bonds. The average Bonchev–Trinajstić information content (AvgIpc) is 2.83. The third-order valence-corrected chi connectivity index (χ3v) is 6.02. The Kier molecular flexibility index (Phi) is 6.87. The van der Waals surface area contributed by atoms with Crippen LogP contribution in [0.3, 0.4) is 0 Å². The van der Waals surface area contributed by atoms with Crippen molar-refractivity contribution in [2.45, 2.75) is 26.0 Å². The summed E-state index contributed by atoms with van der Waals surface area (Å²) in [5.74, 6) is -0.276. The van der Waals surface area contributed by atoms with Gasteiger partial charge in [-0.15, -0.1) is 0 Å². The van der Waals surface area contributed by atoms with Crippen LogP contribution in [0.4, 0.5) is 8.78 Å². The van der Waals surface area contributed by atoms with Crippen molar-refractivity contribution >= 4 is 22.6 Å². The van der Waals surface area contributed by atoms with E-state index in [9.17, 15) is 18.4 Å². The van der Waals surface area contributed by atoms with Crippen LogP contribution in [0.2, 0.25) is 0 Å². The number of hydrogen-bond acceptors (Lipinski definition) is 3. The molecule has 33 heavy (non-hydrogen) atoms. The standard InChI is InChI=1S/C26H26F2N2O3/c1-29(16-18-11-13-21(14-12-18)33-26(27)28)24(31)20-8-5-15-30(17-20)25(32)23-10-4-7-19-6-2-3-9-22(19)23/h2-4,6-7,9-14,20,26H,5,8,15-17H2,1H3. The van der Waals surface area contributed by atoms with Crippen LogP contribution in [0.1, 0.15) is 28.8 Å². The summed E-state index contributed by atoms with van der Waals surface area (Å²) in [6.45, 7) is -1.51. The Morgan fingerprint density at radius 3 is 2.55 bits per heavy atom. The first-order chi connectivity index (χ1) is 15.9. The van der Waals surface area contributed by atoms with Gasteiger partial charge in [0.25, 0.3) is 5.91 Å². The summed E-state index contributed by atoms with van der Waals surface area (Å²) in [6, 6.07) is 19.8. The molecule has 1 atom stereocenters. The monoisotopic (exact) mass is 452 g/mol. The lowest BCUT2D eigenvalue weighted by atomic mass is 9.95. The van der Waals surface area contributed by atoms with Crippen molar-refractivity contribution in [3.63, 3.8) is 0 Å². The largest absolute Gasteiger partial charge is 0.435 e. The second-order valence-electron chi connectivity index (χ2n) is 8.33. The maximum absolute atomic E-state index is 13.3. The van der Waals surface area contributed by atoms with Gasteiger partial charge < -0.3 is 14.5 Å². The summed E-state index contributed by atoms with van der Waals surface area (Å²) in [7, 11) is 1.72. The van der Waals surface area contributed by atoms with Crippen molar-refractivity contribution in [3.05, 3.63) is 77.9 Å². The number of halogens is 2. The molecule has 0 N–H and O–H groups in total. The molecule has 7 heteroatoms. The van der Waals surface area contributed by atoms with Gasteiger partial charge in [0, 0.05) is 32.2 Å². The van der Waals surface area contributed by atoms with E-state index in [2.05, 4.69) is 4.74 Å². The number of rotatable bonds is 6. The lowest BCUT2D eigenvalue weighted by Crippen LogP contribution is -2.45. The second kappa shape index (κ2) is 9.98. The predicted octanol–water partition coefficient (Wildman–Crippen LogP) is 4.95. The number of carbonyl (C=O) groups excluding carboxylic acids is 2. The fourth-order valence-electron chi connectivity index (χ4n) is 4.39. The first kappa shape index (κ1) is 22.7. The van der Waals surface area contributed by atoms with Gasteiger partial charge in [-0.05, 0) is 47.4 Å². The van der Waals surface area contributed by atoms with Crippen LogP contribution in [0.15, 0.2) is 66.7 Å². The Morgan fingerprint density at radius 1 is 1.06 bits per heavy atom. The number of likely N-dealkylation sites (tertiary alicyclic amines) is 1. The quantitative estimate of drug-likeness (QED) is 0.532. The molecule has 1 aliphatic rings. The van der Waals surface area contributed by atoms with Gasteiger partial charge in [-0.2, -0.15) is 8.78 Å². The highest BCUT2D eigenvalue weighted by atomic mass is 19.3. The molecule has 1 fully saturated rings. The van der Waals surface area contributed by atoms with Gasteiger partial charge in [-0.25, -0.2) is 0 Å². The van der Waals surface area contributed by atoms with Crippen molar-refractivity contribution in [1.82, 2.24) is 9.80 Å². The van der Waals surface area contributed by atoms with E-state index in [1.807, 2.05) is 42.5 Å². The molecule has 0 saturated carbocycles. The third kappa shape index (κ3) is 5.30. The zero-order chi connectivity index (χ0) is 23.4. The van der Waals surface area contributed by atoms with E-state index in [0.29, 0.717) is 25.2 Å². The molecule has 0 radical (unpaired) electrons. The molecule has 1 unspecified atom stereocenters. The summed E-state index contributed by atoms with van der Waals surface area (Å²) in [5.41, 5.74) is 1.47. The van der Waals surface area contributed by atoms with Crippen molar-refractivity contribution < 1.29 is 23.1 Å². The molecule has 1 aliphatic heterocycles. The first-order valence-corrected chi connectivity index (χ1v) is 11.0. The molecule has 0 aromatic heterocycles. The number of carbonyl (C=O) groups is 2. The molecule has 1 heterocycles. The molecule has 3 aromatic rings. The number of benzene rings is 3. The predicted molar refractivity (Wildman–Crippen MR) is 122 cm³/mol. The van der Waals surface area contributed by atoms with Gasteiger partial charge in [-0.1, -0.05) is 48.5 Å². The van der Waals surface area contributed by atoms with Crippen molar-refractivity contribution in [1.29, 1.82) is 0 Å². The summed E-state index contributed by atoms with van der Waals surface area (Å²) >= 11 is 0. The molecule has 3 aromatic carbocycles. The summed E-state index contributed by atoms with van der Waals surface area (Å²) in [6.07, 6.45) is 1.49. The highest BCUT2D eigenvalue weighted by Crippen LogP contribution is 2.25. The summed E-state index contributed by atoms with van der Waals surface area (Å²) < 4.78 is 29.0. The zero-order valence-corrected chi connectivity index (χ0v) is 18.4. The Morgan fingerprint density at radius 2 is 1.79 bits per heavy atom. The average molecular weight is 453 g/mol. The first-order valence-electron chi connectivity index (χ1n) is 11.0. The normalized spacial score (nSPS) is 16.1. The molecule has 0 spiro atoms. The fourth-order valence-corrected chi connectivity index (χ4v) is 4.39. The third-order valence-electron chi connectivity index (χ3n) is 6.02. The van der Waals surface area contributed by atoms with Crippen LogP contribution in [0.25, 0.3) is 10.8 Å². The Balaban J connectivity index is 1.41. The van der Waals surface area contributed by atoms with Crippen LogP contribution in [-0.4, -0.2) is 48.4 Å². The lowest BCUT2D eigenvalue weighted by Gasteiger charge is -2.34. The molecular formula is C26H26F2N2O3. The van der Waals surface area contributed by atoms with Gasteiger partial charge in [-0.3, -0.25) is 9.59 Å². The Bertz CT molecular complexity index is 1130. The van der Waals surface area contributed by atoms with Gasteiger partial charge in [0.15, 0.2) is 0 Å². The number of hydrogen-bond donors (Lipinski definition) is 0. The van der Waals surface area contributed by atoms with Gasteiger partial charge in [0.1, 0.15) is 5.75 Å². The molecule has 0 aliphatic carbocycles. The van der Waals surface area contributed by atoms with E-state index in [1.54, 1.807) is 29.0 Å². The lowest BCUT2D eigenvalue weighted by molar-refractivity contribution is -0.136. The smallest absolute Gasteiger partial charge is 0.387 e. The summed E-state index contributed by atoms with van der Waals surface area (Å²) in [4.78, 5) is 29.8. The van der Waals surface area contributed by atoms with Crippen LogP contribution in [0.5, 0.6) is 5.75 Å². The fraction of sp³-hybridized carbons (Fsp3) is 0.308. The number of nitrogens with zero attached hydrogens (tertiary/aromatic N) is 2. The van der Waals surface area contributed by atoms with Crippen LogP contribution >= 0.6 is 0 Å². The van der Waals surface area contributed by atoms with E-state index in [1.165, 1.54) is 12.1 Å². The maximum Gasteiger partial charge on any atom is 0.387 e. The van der Waals surface area contributed by atoms with Crippen molar-refractivity contribution in [3.8, 4) is 5.75 Å². The van der Waals surface area contributed by atoms with Crippen molar-refractivity contribution in [2.24, 2.45) is 5.92 Å². The van der Waals surface area contributed by atoms with Gasteiger partial charge >= 0.3 is 6.61 Å². The number of ether oxygens (including phenoxy) is 1. The van der Waals surface area contributed by atoms with E-state index < -0.39 is 6.61 Å². The number of alkyl halides is 2. The Hall–Kier alpha value is -3.48. The highest BCUT2D eigenvalue weighted by molar-refractivity contribution is 6.07. The second-order valence-corrected chi connectivity index (χ2v) is 8.33. The molecule has 0 bridgehead atoms. The topological polar surface area (TPSA) is 49.9 Å². The number of fused-ring (bicyclic) bond motifs is 1. The Labute approximate surface area is 191 Å². The molecule has 5 nitrogen and oxygen atoms in total. The minimum atomic E-state index is -2.87. The van der Waals surface area contributed by atoms with Crippen molar-refractivity contribution in [2.75, 3.05) is 20.1 Å². The minimum absolute atomic E-state index is 0.0293. The van der Waals surface area contributed by atoms with Gasteiger partial charge in [0.05, 0.1) is 5.92 Å². The zero-order valence-electron chi connectivity index (χ0n) is 18.4. The molecule has 1 saturated heterocycles. The van der Waals surface area contributed by atoms with E-state index >= 15 is 0 Å². The molecular weight excluding hydrogens is 426 g/mol. The van der Waals surface area contributed by atoms with Crippen LogP contribution in [0, 0.1) is 5.92 Å². The summed E-state index contributed by atoms with van der Waals surface area (Å²) in [5, 5.41) is 1.92. The number of amides is 2. The number of piperidine rings is 1. The highest BCUT2D eigenvalue weighted by Gasteiger charge is 2.31. The van der Waals surface area contributed by atoms with Crippen LogP contribution < -0.4 is 4.74 Å². The van der Waals surface area contributed by atoms with Crippen LogP contribution in [-0.2, 0) is 11.3 Å². The van der Waals surface area contributed by atoms with E-state index in [0.717, 1.165) is 29.2 Å². The molecule has 172 valence electrons. The van der Waals surface area contributed by atoms with E-state index in [-0.39, 0.29) is 23.5 Å². The van der Waals surface area contributed by atoms with E-state index in [4.69, 9.17) is 0 Å². The maximum atomic E-state index is 13.3. The minimum Gasteiger partial charge on any atom is -0.435 e.